The van der Waals surface area contributed by atoms with Crippen molar-refractivity contribution in [2.24, 2.45) is 0 Å². The molecule has 3 rings (SSSR count). The third kappa shape index (κ3) is 3.36. The number of aryl methyl sites for hydroxylation is 2. The molecule has 0 bridgehead atoms. The van der Waals surface area contributed by atoms with Crippen LogP contribution in [0.5, 0.6) is 0 Å². The number of hydrogen-bond acceptors (Lipinski definition) is 2. The molecule has 1 aliphatic carbocycles. The van der Waals surface area contributed by atoms with Gasteiger partial charge in [0.2, 0.25) is 0 Å². The second kappa shape index (κ2) is 6.78. The molecule has 0 aromatic heterocycles. The van der Waals surface area contributed by atoms with E-state index in [0.717, 1.165) is 18.7 Å². The molecule has 1 fully saturated rings. The molecule has 2 N–H and O–H groups in total. The van der Waals surface area contributed by atoms with Crippen LogP contribution in [0, 0.1) is 13.8 Å². The van der Waals surface area contributed by atoms with Gasteiger partial charge in [-0.25, -0.2) is 4.79 Å². The second-order valence-electron chi connectivity index (χ2n) is 7.04. The van der Waals surface area contributed by atoms with E-state index in [-0.39, 0.29) is 5.41 Å². The number of benzene rings is 2. The SMILES string of the molecule is Cc1ccc(C2(CNCc3ccc(C(=O)O)cc3)CCC2)cc1C. The van der Waals surface area contributed by atoms with Crippen LogP contribution in [0.1, 0.15) is 51.9 Å². The third-order valence-electron chi connectivity index (χ3n) is 5.42. The molecule has 0 aliphatic heterocycles. The molecule has 2 aromatic rings. The molecule has 0 unspecified atom stereocenters. The van der Waals surface area contributed by atoms with Crippen molar-refractivity contribution in [3.05, 3.63) is 70.3 Å². The van der Waals surface area contributed by atoms with E-state index in [1.54, 1.807) is 12.1 Å². The number of hydrogen-bond donors (Lipinski definition) is 2. The van der Waals surface area contributed by atoms with Gasteiger partial charge >= 0.3 is 5.97 Å². The Morgan fingerprint density at radius 3 is 2.33 bits per heavy atom. The molecule has 3 nitrogen and oxygen atoms in total. The molecule has 126 valence electrons. The van der Waals surface area contributed by atoms with Crippen LogP contribution < -0.4 is 5.32 Å². The van der Waals surface area contributed by atoms with Crippen LogP contribution in [-0.4, -0.2) is 17.6 Å². The molecule has 0 saturated heterocycles. The summed E-state index contributed by atoms with van der Waals surface area (Å²) in [6.07, 6.45) is 3.77. The van der Waals surface area contributed by atoms with Crippen molar-refractivity contribution in [3.63, 3.8) is 0 Å². The summed E-state index contributed by atoms with van der Waals surface area (Å²) in [5, 5.41) is 12.5. The minimum atomic E-state index is -0.877. The van der Waals surface area contributed by atoms with Crippen LogP contribution in [0.15, 0.2) is 42.5 Å². The van der Waals surface area contributed by atoms with E-state index in [1.807, 2.05) is 12.1 Å². The van der Waals surface area contributed by atoms with Crippen molar-refractivity contribution in [3.8, 4) is 0 Å². The Labute approximate surface area is 143 Å². The van der Waals surface area contributed by atoms with Gasteiger partial charge in [-0.05, 0) is 61.1 Å². The smallest absolute Gasteiger partial charge is 0.335 e. The first kappa shape index (κ1) is 16.7. The highest BCUT2D eigenvalue weighted by Gasteiger charge is 2.38. The number of carboxylic acids is 1. The van der Waals surface area contributed by atoms with Crippen LogP contribution >= 0.6 is 0 Å². The lowest BCUT2D eigenvalue weighted by Gasteiger charge is -2.43. The monoisotopic (exact) mass is 323 g/mol. The van der Waals surface area contributed by atoms with Crippen molar-refractivity contribution in [2.45, 2.75) is 45.1 Å². The molecule has 2 aromatic carbocycles. The van der Waals surface area contributed by atoms with Gasteiger partial charge in [0.25, 0.3) is 0 Å². The molecule has 0 atom stereocenters. The first-order valence-corrected chi connectivity index (χ1v) is 8.61. The molecule has 1 saturated carbocycles. The Hall–Kier alpha value is -2.13. The number of carboxylic acid groups (broad SMARTS) is 1. The van der Waals surface area contributed by atoms with Gasteiger partial charge in [-0.1, -0.05) is 36.8 Å². The lowest BCUT2D eigenvalue weighted by atomic mass is 9.64. The number of rotatable bonds is 6. The summed E-state index contributed by atoms with van der Waals surface area (Å²) in [6, 6.07) is 14.0. The summed E-state index contributed by atoms with van der Waals surface area (Å²) in [5.41, 5.74) is 5.88. The Bertz CT molecular complexity index is 730. The minimum absolute atomic E-state index is 0.263. The summed E-state index contributed by atoms with van der Waals surface area (Å²) < 4.78 is 0. The lowest BCUT2D eigenvalue weighted by Crippen LogP contribution is -2.43. The Balaban J connectivity index is 1.63. The zero-order valence-corrected chi connectivity index (χ0v) is 14.4. The molecule has 0 amide bonds. The maximum Gasteiger partial charge on any atom is 0.335 e. The van der Waals surface area contributed by atoms with Gasteiger partial charge in [-0.15, -0.1) is 0 Å². The molecule has 1 aliphatic rings. The van der Waals surface area contributed by atoms with E-state index in [9.17, 15) is 4.79 Å². The summed E-state index contributed by atoms with van der Waals surface area (Å²) in [5.74, 6) is -0.877. The first-order valence-electron chi connectivity index (χ1n) is 8.61. The van der Waals surface area contributed by atoms with Crippen molar-refractivity contribution in [1.29, 1.82) is 0 Å². The molecule has 0 heterocycles. The predicted octanol–water partition coefficient (Wildman–Crippen LogP) is 4.21. The highest BCUT2D eigenvalue weighted by atomic mass is 16.4. The zero-order valence-electron chi connectivity index (χ0n) is 14.4. The number of aromatic carboxylic acids is 1. The average Bonchev–Trinajstić information content (AvgIpc) is 2.53. The Morgan fingerprint density at radius 2 is 1.79 bits per heavy atom. The fourth-order valence-corrected chi connectivity index (χ4v) is 3.45. The van der Waals surface area contributed by atoms with Crippen LogP contribution in [0.25, 0.3) is 0 Å². The van der Waals surface area contributed by atoms with Crippen molar-refractivity contribution < 1.29 is 9.90 Å². The third-order valence-corrected chi connectivity index (χ3v) is 5.42. The maximum atomic E-state index is 10.9. The zero-order chi connectivity index (χ0) is 17.2. The van der Waals surface area contributed by atoms with Gasteiger partial charge in [0.05, 0.1) is 5.56 Å². The van der Waals surface area contributed by atoms with E-state index in [4.69, 9.17) is 5.11 Å². The van der Waals surface area contributed by atoms with Gasteiger partial charge < -0.3 is 10.4 Å². The average molecular weight is 323 g/mol. The summed E-state index contributed by atoms with van der Waals surface area (Å²) in [4.78, 5) is 10.9. The van der Waals surface area contributed by atoms with E-state index >= 15 is 0 Å². The standard InChI is InChI=1S/C21H25NO2/c1-15-4-9-19(12-16(15)2)21(10-3-11-21)14-22-13-17-5-7-18(8-6-17)20(23)24/h4-9,12,22H,3,10-11,13-14H2,1-2H3,(H,23,24). The summed E-state index contributed by atoms with van der Waals surface area (Å²) >= 11 is 0. The molecular weight excluding hydrogens is 298 g/mol. The lowest BCUT2D eigenvalue weighted by molar-refractivity contribution is 0.0697. The topological polar surface area (TPSA) is 49.3 Å². The highest BCUT2D eigenvalue weighted by molar-refractivity contribution is 5.87. The largest absolute Gasteiger partial charge is 0.478 e. The second-order valence-corrected chi connectivity index (χ2v) is 7.04. The van der Waals surface area contributed by atoms with E-state index in [1.165, 1.54) is 36.0 Å². The molecule has 0 radical (unpaired) electrons. The van der Waals surface area contributed by atoms with E-state index in [0.29, 0.717) is 5.56 Å². The van der Waals surface area contributed by atoms with Crippen LogP contribution in [0.3, 0.4) is 0 Å². The van der Waals surface area contributed by atoms with Gasteiger partial charge in [0.1, 0.15) is 0 Å². The van der Waals surface area contributed by atoms with Crippen LogP contribution in [0.4, 0.5) is 0 Å². The van der Waals surface area contributed by atoms with Crippen LogP contribution in [-0.2, 0) is 12.0 Å². The number of nitrogens with one attached hydrogen (secondary N) is 1. The van der Waals surface area contributed by atoms with Crippen molar-refractivity contribution in [2.75, 3.05) is 6.54 Å². The number of carbonyl (C=O) groups is 1. The first-order chi connectivity index (χ1) is 11.5. The molecule has 3 heteroatoms. The maximum absolute atomic E-state index is 10.9. The molecular formula is C21H25NO2. The summed E-state index contributed by atoms with van der Waals surface area (Å²) in [6.45, 7) is 6.08. The summed E-state index contributed by atoms with van der Waals surface area (Å²) in [7, 11) is 0. The van der Waals surface area contributed by atoms with Crippen LogP contribution in [0.2, 0.25) is 0 Å². The highest BCUT2D eigenvalue weighted by Crippen LogP contribution is 2.43. The Morgan fingerprint density at radius 1 is 1.08 bits per heavy atom. The quantitative estimate of drug-likeness (QED) is 0.837. The molecule has 0 spiro atoms. The van der Waals surface area contributed by atoms with Gasteiger partial charge in [0, 0.05) is 18.5 Å². The van der Waals surface area contributed by atoms with Crippen molar-refractivity contribution >= 4 is 5.97 Å². The predicted molar refractivity (Wildman–Crippen MR) is 96.6 cm³/mol. The van der Waals surface area contributed by atoms with E-state index < -0.39 is 5.97 Å². The van der Waals surface area contributed by atoms with Gasteiger partial charge in [-0.2, -0.15) is 0 Å². The van der Waals surface area contributed by atoms with Gasteiger partial charge in [-0.3, -0.25) is 0 Å². The van der Waals surface area contributed by atoms with Gasteiger partial charge in [0.15, 0.2) is 0 Å². The normalized spacial score (nSPS) is 15.8. The molecule has 24 heavy (non-hydrogen) atoms. The minimum Gasteiger partial charge on any atom is -0.478 e. The van der Waals surface area contributed by atoms with Crippen molar-refractivity contribution in [1.82, 2.24) is 5.32 Å². The fourth-order valence-electron chi connectivity index (χ4n) is 3.45. The van der Waals surface area contributed by atoms with E-state index in [2.05, 4.69) is 37.4 Å². The fraction of sp³-hybridized carbons (Fsp3) is 0.381. The Kier molecular flexibility index (Phi) is 4.72.